The number of para-hydroxylation sites is 2. The summed E-state index contributed by atoms with van der Waals surface area (Å²) in [7, 11) is 0. The maximum atomic E-state index is 6.50. The third-order valence-corrected chi connectivity index (χ3v) is 5.09. The highest BCUT2D eigenvalue weighted by Crippen LogP contribution is 2.31. The van der Waals surface area contributed by atoms with E-state index in [0.29, 0.717) is 0 Å². The van der Waals surface area contributed by atoms with Gasteiger partial charge >= 0.3 is 0 Å². The fraction of sp³-hybridized carbons (Fsp3) is 0.350. The molecule has 0 unspecified atom stereocenters. The van der Waals surface area contributed by atoms with Gasteiger partial charge in [-0.3, -0.25) is 4.90 Å². The molecule has 1 saturated heterocycles. The number of fused-ring (bicyclic) bond motifs is 1. The molecule has 5 heteroatoms. The van der Waals surface area contributed by atoms with Gasteiger partial charge in [0.15, 0.2) is 0 Å². The van der Waals surface area contributed by atoms with Gasteiger partial charge in [0.2, 0.25) is 0 Å². The molecule has 0 saturated carbocycles. The van der Waals surface area contributed by atoms with Gasteiger partial charge in [0.1, 0.15) is 5.82 Å². The van der Waals surface area contributed by atoms with Crippen LogP contribution in [0.3, 0.4) is 0 Å². The summed E-state index contributed by atoms with van der Waals surface area (Å²) >= 11 is 6.50. The fourth-order valence-corrected chi connectivity index (χ4v) is 3.59. The van der Waals surface area contributed by atoms with Gasteiger partial charge < -0.3 is 9.30 Å². The maximum absolute atomic E-state index is 6.50. The molecule has 25 heavy (non-hydrogen) atoms. The summed E-state index contributed by atoms with van der Waals surface area (Å²) in [6.45, 7) is 7.59. The third kappa shape index (κ3) is 3.43. The molecule has 0 aliphatic carbocycles. The molecule has 2 heterocycles. The van der Waals surface area contributed by atoms with Crippen molar-refractivity contribution in [1.29, 1.82) is 0 Å². The molecular weight excluding hydrogens is 334 g/mol. The summed E-state index contributed by atoms with van der Waals surface area (Å²) in [6, 6.07) is 14.4. The van der Waals surface area contributed by atoms with Crippen LogP contribution in [0.4, 0.5) is 0 Å². The Hall–Kier alpha value is -1.88. The second-order valence-corrected chi connectivity index (χ2v) is 6.92. The molecule has 1 aliphatic rings. The molecule has 1 aliphatic heterocycles. The Morgan fingerprint density at radius 3 is 2.72 bits per heavy atom. The van der Waals surface area contributed by atoms with E-state index in [2.05, 4.69) is 40.7 Å². The predicted molar refractivity (Wildman–Crippen MR) is 102 cm³/mol. The largest absolute Gasteiger partial charge is 0.379 e. The molecule has 0 bridgehead atoms. The van der Waals surface area contributed by atoms with E-state index >= 15 is 0 Å². The number of rotatable bonds is 4. The number of aromatic nitrogens is 2. The van der Waals surface area contributed by atoms with Crippen molar-refractivity contribution >= 4 is 22.6 Å². The quantitative estimate of drug-likeness (QED) is 0.708. The van der Waals surface area contributed by atoms with Crippen molar-refractivity contribution in [3.8, 4) is 11.4 Å². The van der Waals surface area contributed by atoms with Crippen LogP contribution < -0.4 is 0 Å². The topological polar surface area (TPSA) is 30.3 Å². The summed E-state index contributed by atoms with van der Waals surface area (Å²) in [6.07, 6.45) is 0. The molecule has 0 amide bonds. The molecule has 0 N–H and O–H groups in total. The van der Waals surface area contributed by atoms with Gasteiger partial charge in [-0.05, 0) is 31.2 Å². The van der Waals surface area contributed by atoms with Crippen molar-refractivity contribution in [2.75, 3.05) is 32.8 Å². The first-order chi connectivity index (χ1) is 12.2. The fourth-order valence-electron chi connectivity index (χ4n) is 3.38. The van der Waals surface area contributed by atoms with Crippen LogP contribution in [0.5, 0.6) is 0 Å². The normalized spacial score (nSPS) is 15.8. The molecule has 130 valence electrons. The Labute approximate surface area is 153 Å². The van der Waals surface area contributed by atoms with E-state index in [9.17, 15) is 0 Å². The molecule has 1 aromatic heterocycles. The zero-order chi connectivity index (χ0) is 17.2. The van der Waals surface area contributed by atoms with Crippen molar-refractivity contribution in [3.05, 3.63) is 53.1 Å². The predicted octanol–water partition coefficient (Wildman–Crippen LogP) is 4.00. The van der Waals surface area contributed by atoms with Crippen molar-refractivity contribution in [2.24, 2.45) is 0 Å². The molecule has 0 radical (unpaired) electrons. The second kappa shape index (κ2) is 7.16. The minimum absolute atomic E-state index is 0.744. The average Bonchev–Trinajstić information content (AvgIpc) is 3.01. The van der Waals surface area contributed by atoms with E-state index in [1.807, 2.05) is 18.2 Å². The lowest BCUT2D eigenvalue weighted by Crippen LogP contribution is -2.38. The number of nitrogens with zero attached hydrogens (tertiary/aromatic N) is 3. The smallest absolute Gasteiger partial charge is 0.142 e. The van der Waals surface area contributed by atoms with E-state index in [1.165, 1.54) is 5.56 Å². The van der Waals surface area contributed by atoms with Crippen LogP contribution in [-0.2, 0) is 11.3 Å². The zero-order valence-electron chi connectivity index (χ0n) is 14.4. The van der Waals surface area contributed by atoms with E-state index in [0.717, 1.165) is 66.8 Å². The highest BCUT2D eigenvalue weighted by Gasteiger charge is 2.17. The minimum atomic E-state index is 0.744. The van der Waals surface area contributed by atoms with E-state index < -0.39 is 0 Å². The van der Waals surface area contributed by atoms with Gasteiger partial charge in [-0.1, -0.05) is 35.4 Å². The summed E-state index contributed by atoms with van der Waals surface area (Å²) < 4.78 is 7.75. The Bertz CT molecular complexity index is 884. The molecule has 4 nitrogen and oxygen atoms in total. The first-order valence-electron chi connectivity index (χ1n) is 8.74. The average molecular weight is 356 g/mol. The van der Waals surface area contributed by atoms with Crippen molar-refractivity contribution < 1.29 is 4.74 Å². The van der Waals surface area contributed by atoms with Gasteiger partial charge in [-0.15, -0.1) is 0 Å². The molecule has 1 fully saturated rings. The zero-order valence-corrected chi connectivity index (χ0v) is 15.2. The Balaban J connectivity index is 1.74. The number of imidazole rings is 1. The summed E-state index contributed by atoms with van der Waals surface area (Å²) in [5, 5.41) is 0.744. The Kier molecular flexibility index (Phi) is 4.75. The highest BCUT2D eigenvalue weighted by molar-refractivity contribution is 6.33. The van der Waals surface area contributed by atoms with Crippen LogP contribution in [0.1, 0.15) is 5.56 Å². The van der Waals surface area contributed by atoms with E-state index in [-0.39, 0.29) is 0 Å². The van der Waals surface area contributed by atoms with Gasteiger partial charge in [-0.25, -0.2) is 4.98 Å². The van der Waals surface area contributed by atoms with Gasteiger partial charge in [-0.2, -0.15) is 0 Å². The summed E-state index contributed by atoms with van der Waals surface area (Å²) in [5.41, 5.74) is 4.35. The first kappa shape index (κ1) is 16.6. The number of ether oxygens (including phenoxy) is 1. The Morgan fingerprint density at radius 2 is 1.88 bits per heavy atom. The van der Waals surface area contributed by atoms with Crippen LogP contribution >= 0.6 is 11.6 Å². The minimum Gasteiger partial charge on any atom is -0.379 e. The molecule has 3 aromatic rings. The first-order valence-corrected chi connectivity index (χ1v) is 9.12. The molecular formula is C20H22ClN3O. The van der Waals surface area contributed by atoms with Gasteiger partial charge in [0, 0.05) is 31.7 Å². The van der Waals surface area contributed by atoms with Crippen LogP contribution in [-0.4, -0.2) is 47.3 Å². The lowest BCUT2D eigenvalue weighted by molar-refractivity contribution is 0.0366. The van der Waals surface area contributed by atoms with E-state index in [4.69, 9.17) is 21.3 Å². The Morgan fingerprint density at radius 1 is 1.08 bits per heavy atom. The van der Waals surface area contributed by atoms with Gasteiger partial charge in [0.05, 0.1) is 29.3 Å². The van der Waals surface area contributed by atoms with Crippen LogP contribution in [0.2, 0.25) is 5.02 Å². The molecule has 4 rings (SSSR count). The number of halogens is 1. The maximum Gasteiger partial charge on any atom is 0.142 e. The summed E-state index contributed by atoms with van der Waals surface area (Å²) in [4.78, 5) is 7.33. The van der Waals surface area contributed by atoms with Gasteiger partial charge in [0.25, 0.3) is 0 Å². The SMILES string of the molecule is Cc1ccc(Cl)c(-c2nc3ccccc3n2CCN2CCOCC2)c1. The molecule has 2 aromatic carbocycles. The van der Waals surface area contributed by atoms with Crippen molar-refractivity contribution in [3.63, 3.8) is 0 Å². The lowest BCUT2D eigenvalue weighted by atomic mass is 10.1. The van der Waals surface area contributed by atoms with Crippen LogP contribution in [0.15, 0.2) is 42.5 Å². The third-order valence-electron chi connectivity index (χ3n) is 4.76. The number of benzene rings is 2. The number of hydrogen-bond acceptors (Lipinski definition) is 3. The van der Waals surface area contributed by atoms with Crippen LogP contribution in [0.25, 0.3) is 22.4 Å². The second-order valence-electron chi connectivity index (χ2n) is 6.51. The lowest BCUT2D eigenvalue weighted by Gasteiger charge is -2.27. The van der Waals surface area contributed by atoms with Crippen LogP contribution in [0, 0.1) is 6.92 Å². The number of aryl methyl sites for hydroxylation is 1. The summed E-state index contributed by atoms with van der Waals surface area (Å²) in [5.74, 6) is 0.947. The number of hydrogen-bond donors (Lipinski definition) is 0. The van der Waals surface area contributed by atoms with Crippen molar-refractivity contribution in [1.82, 2.24) is 14.5 Å². The highest BCUT2D eigenvalue weighted by atomic mass is 35.5. The monoisotopic (exact) mass is 355 g/mol. The number of morpholine rings is 1. The standard InChI is InChI=1S/C20H22ClN3O/c1-15-6-7-17(21)16(14-15)20-22-18-4-2-3-5-19(18)24(20)9-8-23-10-12-25-13-11-23/h2-7,14H,8-13H2,1H3. The molecule has 0 spiro atoms. The van der Waals surface area contributed by atoms with E-state index in [1.54, 1.807) is 0 Å². The van der Waals surface area contributed by atoms with Crippen molar-refractivity contribution in [2.45, 2.75) is 13.5 Å². The molecule has 0 atom stereocenters.